The molecule has 0 radical (unpaired) electrons. The molecule has 1 aliphatic rings. The lowest BCUT2D eigenvalue weighted by molar-refractivity contribution is -0.151. The number of carbonyl (C=O) groups is 2. The molecule has 8 heteroatoms. The second-order valence-electron chi connectivity index (χ2n) is 4.87. The van der Waals surface area contributed by atoms with Gasteiger partial charge in [-0.05, 0) is 12.1 Å². The molecule has 0 aliphatic carbocycles. The van der Waals surface area contributed by atoms with E-state index in [1.165, 1.54) is 12.0 Å². The molecule has 1 aromatic rings. The summed E-state index contributed by atoms with van der Waals surface area (Å²) < 4.78 is 10.4. The SMILES string of the molecule is COc1ccc(CN2C(=O)[C@@H](NC(=O)O)[C@H]2CN)c(OC)c1. The van der Waals surface area contributed by atoms with Crippen molar-refractivity contribution in [2.45, 2.75) is 18.6 Å². The van der Waals surface area contributed by atoms with Gasteiger partial charge < -0.3 is 30.5 Å². The minimum atomic E-state index is -1.24. The Kier molecular flexibility index (Phi) is 4.71. The van der Waals surface area contributed by atoms with Crippen molar-refractivity contribution in [3.05, 3.63) is 23.8 Å². The molecule has 1 aliphatic heterocycles. The Bertz CT molecular complexity index is 578. The van der Waals surface area contributed by atoms with Crippen LogP contribution in [0.3, 0.4) is 0 Å². The fourth-order valence-electron chi connectivity index (χ4n) is 2.52. The average molecular weight is 309 g/mol. The number of nitrogens with two attached hydrogens (primary N) is 1. The number of amides is 2. The van der Waals surface area contributed by atoms with Gasteiger partial charge in [0, 0.05) is 24.7 Å². The first-order valence-corrected chi connectivity index (χ1v) is 6.72. The van der Waals surface area contributed by atoms with Crippen molar-refractivity contribution in [2.75, 3.05) is 20.8 Å². The molecule has 0 unspecified atom stereocenters. The molecular formula is C14H19N3O5. The highest BCUT2D eigenvalue weighted by Gasteiger charge is 2.47. The maximum Gasteiger partial charge on any atom is 0.405 e. The molecule has 1 aromatic carbocycles. The lowest BCUT2D eigenvalue weighted by Gasteiger charge is -2.46. The third-order valence-electron chi connectivity index (χ3n) is 3.69. The van der Waals surface area contributed by atoms with Crippen molar-refractivity contribution in [3.8, 4) is 11.5 Å². The van der Waals surface area contributed by atoms with Crippen LogP contribution >= 0.6 is 0 Å². The van der Waals surface area contributed by atoms with E-state index < -0.39 is 12.1 Å². The van der Waals surface area contributed by atoms with Crippen LogP contribution in [-0.4, -0.2) is 54.9 Å². The summed E-state index contributed by atoms with van der Waals surface area (Å²) in [6.07, 6.45) is -1.24. The van der Waals surface area contributed by atoms with Crippen LogP contribution in [0, 0.1) is 0 Å². The first-order valence-electron chi connectivity index (χ1n) is 6.72. The molecule has 4 N–H and O–H groups in total. The summed E-state index contributed by atoms with van der Waals surface area (Å²) >= 11 is 0. The Hall–Kier alpha value is -2.48. The smallest absolute Gasteiger partial charge is 0.405 e. The first-order chi connectivity index (χ1) is 10.5. The normalized spacial score (nSPS) is 20.3. The van der Waals surface area contributed by atoms with Crippen LogP contribution in [-0.2, 0) is 11.3 Å². The molecule has 0 saturated carbocycles. The third-order valence-corrected chi connectivity index (χ3v) is 3.69. The van der Waals surface area contributed by atoms with Crippen molar-refractivity contribution in [2.24, 2.45) is 5.73 Å². The number of β-lactam (4-membered cyclic amide) rings is 1. The van der Waals surface area contributed by atoms with Crippen LogP contribution in [0.1, 0.15) is 5.56 Å². The van der Waals surface area contributed by atoms with Gasteiger partial charge in [-0.1, -0.05) is 0 Å². The van der Waals surface area contributed by atoms with E-state index in [0.717, 1.165) is 5.56 Å². The highest BCUT2D eigenvalue weighted by Crippen LogP contribution is 2.29. The van der Waals surface area contributed by atoms with E-state index in [4.69, 9.17) is 20.3 Å². The molecule has 1 saturated heterocycles. The summed E-state index contributed by atoms with van der Waals surface area (Å²) in [6, 6.07) is 4.15. The maximum absolute atomic E-state index is 12.1. The van der Waals surface area contributed by atoms with E-state index >= 15 is 0 Å². The number of benzene rings is 1. The average Bonchev–Trinajstić information content (AvgIpc) is 2.52. The molecule has 120 valence electrons. The highest BCUT2D eigenvalue weighted by atomic mass is 16.5. The van der Waals surface area contributed by atoms with E-state index in [1.807, 2.05) is 0 Å². The van der Waals surface area contributed by atoms with Gasteiger partial charge in [0.1, 0.15) is 17.5 Å². The molecule has 2 amide bonds. The third kappa shape index (κ3) is 2.91. The summed E-state index contributed by atoms with van der Waals surface area (Å²) in [7, 11) is 3.09. The van der Waals surface area contributed by atoms with E-state index in [0.29, 0.717) is 18.0 Å². The summed E-state index contributed by atoms with van der Waals surface area (Å²) in [5.41, 5.74) is 6.44. The van der Waals surface area contributed by atoms with E-state index in [2.05, 4.69) is 5.32 Å². The zero-order valence-electron chi connectivity index (χ0n) is 12.4. The minimum Gasteiger partial charge on any atom is -0.497 e. The number of hydrogen-bond acceptors (Lipinski definition) is 5. The standard InChI is InChI=1S/C14H19N3O5/c1-21-9-4-3-8(11(5-9)22-2)7-17-10(6-15)12(13(17)18)16-14(19)20/h3-5,10,12,16H,6-7,15H2,1-2H3,(H,19,20)/t10-,12+/m1/s1. The van der Waals surface area contributed by atoms with Crippen LogP contribution in [0.25, 0.3) is 0 Å². The lowest BCUT2D eigenvalue weighted by atomic mass is 9.94. The fraction of sp³-hybridized carbons (Fsp3) is 0.429. The van der Waals surface area contributed by atoms with E-state index in [9.17, 15) is 9.59 Å². The molecule has 0 aromatic heterocycles. The van der Waals surface area contributed by atoms with Crippen molar-refractivity contribution < 1.29 is 24.2 Å². The molecule has 1 heterocycles. The number of nitrogens with one attached hydrogen (secondary N) is 1. The number of rotatable bonds is 6. The topological polar surface area (TPSA) is 114 Å². The summed E-state index contributed by atoms with van der Waals surface area (Å²) in [6.45, 7) is 0.473. The Morgan fingerprint density at radius 3 is 2.68 bits per heavy atom. The maximum atomic E-state index is 12.1. The molecule has 2 atom stereocenters. The molecule has 22 heavy (non-hydrogen) atoms. The Labute approximate surface area is 127 Å². The quantitative estimate of drug-likeness (QED) is 0.638. The Morgan fingerprint density at radius 1 is 1.41 bits per heavy atom. The monoisotopic (exact) mass is 309 g/mol. The zero-order chi connectivity index (χ0) is 16.3. The van der Waals surface area contributed by atoms with Crippen molar-refractivity contribution in [1.82, 2.24) is 10.2 Å². The number of nitrogens with zero attached hydrogens (tertiary/aromatic N) is 1. The molecular weight excluding hydrogens is 290 g/mol. The number of methoxy groups -OCH3 is 2. The van der Waals surface area contributed by atoms with Gasteiger partial charge in [0.15, 0.2) is 0 Å². The van der Waals surface area contributed by atoms with Gasteiger partial charge in [0.05, 0.1) is 20.3 Å². The van der Waals surface area contributed by atoms with E-state index in [-0.39, 0.29) is 18.5 Å². The molecule has 0 bridgehead atoms. The summed E-state index contributed by atoms with van der Waals surface area (Å²) in [4.78, 5) is 24.3. The number of ether oxygens (including phenoxy) is 2. The predicted octanol–water partition coefficient (Wildman–Crippen LogP) is 0.00950. The van der Waals surface area contributed by atoms with E-state index in [1.54, 1.807) is 25.3 Å². The fourth-order valence-corrected chi connectivity index (χ4v) is 2.52. The van der Waals surface area contributed by atoms with Crippen LogP contribution < -0.4 is 20.5 Å². The molecule has 1 fully saturated rings. The van der Waals surface area contributed by atoms with Gasteiger partial charge in [0.2, 0.25) is 5.91 Å². The zero-order valence-corrected chi connectivity index (χ0v) is 12.4. The first kappa shape index (κ1) is 15.9. The molecule has 8 nitrogen and oxygen atoms in total. The van der Waals surface area contributed by atoms with Crippen molar-refractivity contribution in [3.63, 3.8) is 0 Å². The molecule has 2 rings (SSSR count). The van der Waals surface area contributed by atoms with Crippen LogP contribution in [0.2, 0.25) is 0 Å². The summed E-state index contributed by atoms with van der Waals surface area (Å²) in [5.74, 6) is 0.949. The number of carboxylic acid groups (broad SMARTS) is 1. The number of likely N-dealkylation sites (tertiary alicyclic amines) is 1. The second-order valence-corrected chi connectivity index (χ2v) is 4.87. The van der Waals surface area contributed by atoms with Crippen LogP contribution in [0.5, 0.6) is 11.5 Å². The second kappa shape index (κ2) is 6.52. The predicted molar refractivity (Wildman–Crippen MR) is 77.9 cm³/mol. The van der Waals surface area contributed by atoms with Crippen molar-refractivity contribution >= 4 is 12.0 Å². The van der Waals surface area contributed by atoms with Gasteiger partial charge in [-0.3, -0.25) is 4.79 Å². The van der Waals surface area contributed by atoms with Gasteiger partial charge in [-0.2, -0.15) is 0 Å². The molecule has 0 spiro atoms. The van der Waals surface area contributed by atoms with Crippen molar-refractivity contribution in [1.29, 1.82) is 0 Å². The lowest BCUT2D eigenvalue weighted by Crippen LogP contribution is -2.72. The number of hydrogen-bond donors (Lipinski definition) is 3. The van der Waals surface area contributed by atoms with Crippen LogP contribution in [0.15, 0.2) is 18.2 Å². The summed E-state index contributed by atoms with van der Waals surface area (Å²) in [5, 5.41) is 10.9. The van der Waals surface area contributed by atoms with Gasteiger partial charge in [0.25, 0.3) is 0 Å². The van der Waals surface area contributed by atoms with Gasteiger partial charge in [-0.15, -0.1) is 0 Å². The Morgan fingerprint density at radius 2 is 2.14 bits per heavy atom. The van der Waals surface area contributed by atoms with Gasteiger partial charge in [-0.25, -0.2) is 4.79 Å². The number of carbonyl (C=O) groups excluding carboxylic acids is 1. The minimum absolute atomic E-state index is 0.176. The Balaban J connectivity index is 2.14. The van der Waals surface area contributed by atoms with Crippen LogP contribution in [0.4, 0.5) is 4.79 Å². The highest BCUT2D eigenvalue weighted by molar-refractivity contribution is 5.92. The largest absolute Gasteiger partial charge is 0.497 e. The van der Waals surface area contributed by atoms with Gasteiger partial charge >= 0.3 is 6.09 Å².